The monoisotopic (exact) mass is 409 g/mol. The molecule has 0 saturated carbocycles. The number of halogens is 1. The lowest BCUT2D eigenvalue weighted by Gasteiger charge is -2.16. The molecular weight excluding hydrogens is 384 g/mol. The average Bonchev–Trinajstić information content (AvgIpc) is 2.65. The van der Waals surface area contributed by atoms with Crippen LogP contribution in [0.25, 0.3) is 0 Å². The van der Waals surface area contributed by atoms with Gasteiger partial charge in [0.1, 0.15) is 36.8 Å². The van der Waals surface area contributed by atoms with Crippen LogP contribution >= 0.6 is 11.6 Å². The summed E-state index contributed by atoms with van der Waals surface area (Å²) in [7, 11) is 3.18. The molecule has 0 bridgehead atoms. The zero-order chi connectivity index (χ0) is 20.8. The van der Waals surface area contributed by atoms with Crippen molar-refractivity contribution in [3.8, 4) is 5.75 Å². The van der Waals surface area contributed by atoms with E-state index in [1.807, 2.05) is 14.0 Å². The van der Waals surface area contributed by atoms with Gasteiger partial charge in [-0.15, -0.1) is 0 Å². The Labute approximate surface area is 168 Å². The summed E-state index contributed by atoms with van der Waals surface area (Å²) < 4.78 is 7.83. The Bertz CT molecular complexity index is 950. The molecule has 1 heterocycles. The number of carbonyl (C=O) groups excluding carboxylic acids is 1. The molecule has 9 heteroatoms. The van der Waals surface area contributed by atoms with Crippen molar-refractivity contribution in [3.05, 3.63) is 55.7 Å². The first-order valence-electron chi connectivity index (χ1n) is 9.08. The molecule has 0 amide bonds. The van der Waals surface area contributed by atoms with E-state index in [1.54, 1.807) is 24.3 Å². The highest BCUT2D eigenvalue weighted by molar-refractivity contribution is 6.30. The highest BCUT2D eigenvalue weighted by atomic mass is 35.5. The van der Waals surface area contributed by atoms with Crippen molar-refractivity contribution in [1.82, 2.24) is 9.13 Å². The summed E-state index contributed by atoms with van der Waals surface area (Å²) in [6.07, 6.45) is 0.656. The number of Topliss-reactive ketones (excluding diaryl/α,β-unsaturated/α-hetero) is 1. The van der Waals surface area contributed by atoms with Crippen LogP contribution in [-0.2, 0) is 13.6 Å². The number of aromatic nitrogens is 2. The zero-order valence-corrected chi connectivity index (χ0v) is 17.1. The molecule has 1 unspecified atom stereocenters. The molecular formula is C19H26ClN4O4+. The van der Waals surface area contributed by atoms with Gasteiger partial charge in [-0.05, 0) is 30.7 Å². The lowest BCUT2D eigenvalue weighted by Crippen LogP contribution is -3.10. The number of benzene rings is 1. The number of nitrogens with zero attached hydrogens (tertiary/aromatic N) is 2. The van der Waals surface area contributed by atoms with Crippen LogP contribution in [0.5, 0.6) is 5.75 Å². The van der Waals surface area contributed by atoms with Gasteiger partial charge in [-0.1, -0.05) is 18.5 Å². The number of ketones is 1. The highest BCUT2D eigenvalue weighted by Gasteiger charge is 2.23. The lowest BCUT2D eigenvalue weighted by atomic mass is 10.1. The summed E-state index contributed by atoms with van der Waals surface area (Å²) in [6, 6.07) is 7.01. The fourth-order valence-electron chi connectivity index (χ4n) is 2.81. The summed E-state index contributed by atoms with van der Waals surface area (Å²) in [5, 5.41) is 0.629. The van der Waals surface area contributed by atoms with E-state index >= 15 is 0 Å². The maximum absolute atomic E-state index is 12.7. The molecule has 0 aliphatic rings. The molecule has 3 N–H and O–H groups in total. The van der Waals surface area contributed by atoms with Crippen LogP contribution in [-0.4, -0.2) is 41.7 Å². The molecule has 8 nitrogen and oxygen atoms in total. The fraction of sp³-hybridized carbons (Fsp3) is 0.421. The van der Waals surface area contributed by atoms with Crippen LogP contribution in [0.4, 0.5) is 5.82 Å². The Hall–Kier alpha value is -2.58. The molecule has 2 aromatic rings. The van der Waals surface area contributed by atoms with E-state index in [4.69, 9.17) is 22.1 Å². The third-order valence-corrected chi connectivity index (χ3v) is 4.63. The molecule has 0 radical (unpaired) electrons. The summed E-state index contributed by atoms with van der Waals surface area (Å²) in [5.41, 5.74) is 4.68. The minimum atomic E-state index is -0.662. The van der Waals surface area contributed by atoms with Crippen molar-refractivity contribution in [2.24, 2.45) is 7.05 Å². The summed E-state index contributed by atoms with van der Waals surface area (Å²) >= 11 is 5.83. The van der Waals surface area contributed by atoms with Gasteiger partial charge >= 0.3 is 5.69 Å². The van der Waals surface area contributed by atoms with Gasteiger partial charge in [0.2, 0.25) is 5.78 Å². The number of rotatable bonds is 9. The van der Waals surface area contributed by atoms with Gasteiger partial charge in [0.15, 0.2) is 0 Å². The quantitative estimate of drug-likeness (QED) is 0.566. The topological polar surface area (TPSA) is 101 Å². The van der Waals surface area contributed by atoms with Gasteiger partial charge in [0, 0.05) is 18.6 Å². The number of ether oxygens (including phenoxy) is 1. The number of nitrogens with two attached hydrogens (primary N) is 1. The maximum Gasteiger partial charge on any atom is 0.332 e. The third-order valence-electron chi connectivity index (χ3n) is 4.38. The molecule has 1 aromatic carbocycles. The van der Waals surface area contributed by atoms with Crippen LogP contribution in [0.3, 0.4) is 0 Å². The van der Waals surface area contributed by atoms with Gasteiger partial charge in [0.05, 0.1) is 7.05 Å². The van der Waals surface area contributed by atoms with E-state index in [-0.39, 0.29) is 17.9 Å². The smallest absolute Gasteiger partial charge is 0.332 e. The first-order chi connectivity index (χ1) is 13.3. The van der Waals surface area contributed by atoms with Crippen molar-refractivity contribution in [2.45, 2.75) is 19.9 Å². The number of quaternary nitrogens is 1. The van der Waals surface area contributed by atoms with Crippen molar-refractivity contribution >= 4 is 23.2 Å². The maximum atomic E-state index is 12.7. The molecule has 0 spiro atoms. The van der Waals surface area contributed by atoms with Crippen LogP contribution in [0, 0.1) is 0 Å². The summed E-state index contributed by atoms with van der Waals surface area (Å²) in [6.45, 7) is 3.23. The third kappa shape index (κ3) is 5.02. The minimum absolute atomic E-state index is 0.0632. The first-order valence-corrected chi connectivity index (χ1v) is 9.46. The van der Waals surface area contributed by atoms with E-state index in [2.05, 4.69) is 0 Å². The molecule has 1 atom stereocenters. The molecule has 0 fully saturated rings. The van der Waals surface area contributed by atoms with E-state index in [9.17, 15) is 14.4 Å². The van der Waals surface area contributed by atoms with Crippen LogP contribution in [0.1, 0.15) is 23.7 Å². The number of likely N-dealkylation sites (N-methyl/N-ethyl adjacent to an activating group) is 1. The predicted octanol–water partition coefficient (Wildman–Crippen LogP) is -0.0310. The Morgan fingerprint density at radius 3 is 2.50 bits per heavy atom. The number of nitrogens with one attached hydrogen (secondary N) is 1. The largest absolute Gasteiger partial charge is 0.488 e. The SMILES string of the molecule is CCCn1c(N)c(C(=O)C[NH+](C)CCOc2ccc(Cl)cc2)c(=O)n(C)c1=O. The van der Waals surface area contributed by atoms with E-state index < -0.39 is 17.0 Å². The van der Waals surface area contributed by atoms with Gasteiger partial charge in [0.25, 0.3) is 5.56 Å². The second kappa shape index (κ2) is 9.57. The molecule has 2 rings (SSSR count). The molecule has 152 valence electrons. The van der Waals surface area contributed by atoms with Gasteiger partial charge in [-0.25, -0.2) is 4.79 Å². The molecule has 28 heavy (non-hydrogen) atoms. The number of hydrogen-bond acceptors (Lipinski definition) is 5. The van der Waals surface area contributed by atoms with Gasteiger partial charge in [-0.2, -0.15) is 0 Å². The van der Waals surface area contributed by atoms with Gasteiger partial charge in [-0.3, -0.25) is 18.7 Å². The lowest BCUT2D eigenvalue weighted by molar-refractivity contribution is -0.870. The van der Waals surface area contributed by atoms with Crippen molar-refractivity contribution in [1.29, 1.82) is 0 Å². The average molecular weight is 410 g/mol. The predicted molar refractivity (Wildman–Crippen MR) is 109 cm³/mol. The van der Waals surface area contributed by atoms with Crippen molar-refractivity contribution in [3.63, 3.8) is 0 Å². The second-order valence-electron chi connectivity index (χ2n) is 6.67. The fourth-order valence-corrected chi connectivity index (χ4v) is 2.94. The number of carbonyl (C=O) groups is 1. The number of hydrogen-bond donors (Lipinski definition) is 2. The van der Waals surface area contributed by atoms with Gasteiger partial charge < -0.3 is 15.4 Å². The molecule has 0 aliphatic heterocycles. The van der Waals surface area contributed by atoms with E-state index in [0.717, 1.165) is 9.47 Å². The second-order valence-corrected chi connectivity index (χ2v) is 7.10. The summed E-state index contributed by atoms with van der Waals surface area (Å²) in [5.74, 6) is 0.227. The number of nitrogen functional groups attached to an aromatic ring is 1. The van der Waals surface area contributed by atoms with E-state index in [0.29, 0.717) is 36.9 Å². The van der Waals surface area contributed by atoms with Crippen molar-refractivity contribution in [2.75, 3.05) is 32.5 Å². The number of anilines is 1. The van der Waals surface area contributed by atoms with Crippen LogP contribution in [0.2, 0.25) is 5.02 Å². The molecule has 1 aromatic heterocycles. The molecule has 0 saturated heterocycles. The Morgan fingerprint density at radius 1 is 1.25 bits per heavy atom. The first kappa shape index (κ1) is 21.7. The van der Waals surface area contributed by atoms with E-state index in [1.165, 1.54) is 11.6 Å². The van der Waals surface area contributed by atoms with Crippen LogP contribution in [0.15, 0.2) is 33.9 Å². The Balaban J connectivity index is 2.06. The Kier molecular flexibility index (Phi) is 7.42. The summed E-state index contributed by atoms with van der Waals surface area (Å²) in [4.78, 5) is 38.2. The van der Waals surface area contributed by atoms with Crippen molar-refractivity contribution < 1.29 is 14.4 Å². The van der Waals surface area contributed by atoms with Crippen LogP contribution < -0.4 is 26.6 Å². The highest BCUT2D eigenvalue weighted by Crippen LogP contribution is 2.15. The zero-order valence-electron chi connectivity index (χ0n) is 16.3. The standard InChI is InChI=1S/C19H25ClN4O4/c1-4-9-24-17(21)16(18(26)23(3)19(24)27)15(25)12-22(2)10-11-28-14-7-5-13(20)6-8-14/h5-8H,4,9-12,21H2,1-3H3/p+1. The Morgan fingerprint density at radius 2 is 1.89 bits per heavy atom. The molecule has 0 aliphatic carbocycles. The minimum Gasteiger partial charge on any atom is -0.488 e. The normalized spacial score (nSPS) is 12.0.